The van der Waals surface area contributed by atoms with Gasteiger partial charge in [0, 0.05) is 11.1 Å². The fourth-order valence-corrected chi connectivity index (χ4v) is 3.41. The van der Waals surface area contributed by atoms with Gasteiger partial charge in [-0.25, -0.2) is 0 Å². The van der Waals surface area contributed by atoms with E-state index in [4.69, 9.17) is 11.6 Å². The molecule has 3 unspecified atom stereocenters. The fourth-order valence-electron chi connectivity index (χ4n) is 3.20. The van der Waals surface area contributed by atoms with Crippen molar-refractivity contribution in [1.82, 2.24) is 5.32 Å². The topological polar surface area (TPSA) is 12.0 Å². The van der Waals surface area contributed by atoms with Gasteiger partial charge < -0.3 is 5.32 Å². The van der Waals surface area contributed by atoms with Gasteiger partial charge in [-0.05, 0) is 55.7 Å². The molecule has 1 saturated carbocycles. The Kier molecular flexibility index (Phi) is 5.08. The van der Waals surface area contributed by atoms with Crippen LogP contribution >= 0.6 is 11.6 Å². The summed E-state index contributed by atoms with van der Waals surface area (Å²) in [6, 6.07) is 8.95. The lowest BCUT2D eigenvalue weighted by Crippen LogP contribution is -2.41. The Morgan fingerprint density at radius 1 is 1.28 bits per heavy atom. The fraction of sp³-hybridized carbons (Fsp3) is 0.625. The largest absolute Gasteiger partial charge is 0.314 e. The quantitative estimate of drug-likeness (QED) is 0.856. The van der Waals surface area contributed by atoms with Crippen LogP contribution in [0, 0.1) is 11.8 Å². The molecule has 1 N–H and O–H groups in total. The Labute approximate surface area is 116 Å². The van der Waals surface area contributed by atoms with Crippen molar-refractivity contribution in [2.24, 2.45) is 11.8 Å². The van der Waals surface area contributed by atoms with Crippen LogP contribution in [0.4, 0.5) is 0 Å². The number of halogens is 1. The molecule has 0 saturated heterocycles. The summed E-state index contributed by atoms with van der Waals surface area (Å²) in [7, 11) is 0. The van der Waals surface area contributed by atoms with E-state index in [-0.39, 0.29) is 0 Å². The van der Waals surface area contributed by atoms with Crippen molar-refractivity contribution in [3.8, 4) is 0 Å². The summed E-state index contributed by atoms with van der Waals surface area (Å²) in [4.78, 5) is 0. The molecule has 1 fully saturated rings. The summed E-state index contributed by atoms with van der Waals surface area (Å²) in [5.41, 5.74) is 1.31. The molecule has 1 nitrogen and oxygen atoms in total. The first-order valence-electron chi connectivity index (χ1n) is 7.17. The second-order valence-corrected chi connectivity index (χ2v) is 6.05. The van der Waals surface area contributed by atoms with Gasteiger partial charge in [0.1, 0.15) is 0 Å². The standard InChI is InChI=1S/C16H24ClN/c1-3-18-16-9-8-12(2)10-14(16)11-13-6-4-5-7-15(13)17/h4-7,12,14,16,18H,3,8-11H2,1-2H3. The van der Waals surface area contributed by atoms with Gasteiger partial charge in [-0.2, -0.15) is 0 Å². The van der Waals surface area contributed by atoms with Crippen molar-refractivity contribution in [1.29, 1.82) is 0 Å². The summed E-state index contributed by atoms with van der Waals surface area (Å²) >= 11 is 6.28. The van der Waals surface area contributed by atoms with Gasteiger partial charge in [0.05, 0.1) is 0 Å². The van der Waals surface area contributed by atoms with Crippen molar-refractivity contribution in [2.75, 3.05) is 6.54 Å². The molecule has 0 radical (unpaired) electrons. The zero-order chi connectivity index (χ0) is 13.0. The zero-order valence-corrected chi connectivity index (χ0v) is 12.2. The van der Waals surface area contributed by atoms with Crippen molar-refractivity contribution in [3.63, 3.8) is 0 Å². The van der Waals surface area contributed by atoms with E-state index >= 15 is 0 Å². The van der Waals surface area contributed by atoms with Crippen LogP contribution in [-0.2, 0) is 6.42 Å². The summed E-state index contributed by atoms with van der Waals surface area (Å²) in [5.74, 6) is 1.58. The van der Waals surface area contributed by atoms with E-state index in [2.05, 4.69) is 31.3 Å². The lowest BCUT2D eigenvalue weighted by Gasteiger charge is -2.35. The van der Waals surface area contributed by atoms with Crippen LogP contribution in [0.2, 0.25) is 5.02 Å². The monoisotopic (exact) mass is 265 g/mol. The Hall–Kier alpha value is -0.530. The van der Waals surface area contributed by atoms with Gasteiger partial charge in [0.15, 0.2) is 0 Å². The van der Waals surface area contributed by atoms with Crippen molar-refractivity contribution < 1.29 is 0 Å². The van der Waals surface area contributed by atoms with E-state index in [0.717, 1.165) is 29.8 Å². The third-order valence-electron chi connectivity index (χ3n) is 4.15. The molecular formula is C16H24ClN. The second-order valence-electron chi connectivity index (χ2n) is 5.64. The molecule has 2 heteroatoms. The molecule has 0 amide bonds. The summed E-state index contributed by atoms with van der Waals surface area (Å²) in [5, 5.41) is 4.57. The Morgan fingerprint density at radius 2 is 2.06 bits per heavy atom. The molecule has 18 heavy (non-hydrogen) atoms. The smallest absolute Gasteiger partial charge is 0.0438 e. The lowest BCUT2D eigenvalue weighted by atomic mass is 9.76. The minimum absolute atomic E-state index is 0.669. The predicted molar refractivity (Wildman–Crippen MR) is 79.1 cm³/mol. The van der Waals surface area contributed by atoms with Crippen molar-refractivity contribution >= 4 is 11.6 Å². The van der Waals surface area contributed by atoms with Gasteiger partial charge in [0.2, 0.25) is 0 Å². The van der Waals surface area contributed by atoms with Gasteiger partial charge in [0.25, 0.3) is 0 Å². The molecule has 0 aromatic heterocycles. The predicted octanol–water partition coefficient (Wildman–Crippen LogP) is 4.30. The molecule has 0 spiro atoms. The molecule has 0 bridgehead atoms. The summed E-state index contributed by atoms with van der Waals surface area (Å²) < 4.78 is 0. The number of benzene rings is 1. The van der Waals surface area contributed by atoms with E-state index in [9.17, 15) is 0 Å². The molecule has 3 atom stereocenters. The average molecular weight is 266 g/mol. The molecular weight excluding hydrogens is 242 g/mol. The maximum Gasteiger partial charge on any atom is 0.0438 e. The van der Waals surface area contributed by atoms with Gasteiger partial charge >= 0.3 is 0 Å². The molecule has 0 aliphatic heterocycles. The van der Waals surface area contributed by atoms with E-state index < -0.39 is 0 Å². The lowest BCUT2D eigenvalue weighted by molar-refractivity contribution is 0.214. The molecule has 2 rings (SSSR count). The first kappa shape index (κ1) is 13.9. The highest BCUT2D eigenvalue weighted by molar-refractivity contribution is 6.31. The molecule has 1 aromatic rings. The van der Waals surface area contributed by atoms with E-state index in [1.165, 1.54) is 24.8 Å². The van der Waals surface area contributed by atoms with E-state index in [1.807, 2.05) is 12.1 Å². The second kappa shape index (κ2) is 6.58. The molecule has 1 aromatic carbocycles. The van der Waals surface area contributed by atoms with Crippen LogP contribution in [0.25, 0.3) is 0 Å². The maximum absolute atomic E-state index is 6.28. The van der Waals surface area contributed by atoms with Crippen LogP contribution in [-0.4, -0.2) is 12.6 Å². The maximum atomic E-state index is 6.28. The Bertz CT molecular complexity index is 377. The van der Waals surface area contributed by atoms with Crippen LogP contribution < -0.4 is 5.32 Å². The normalized spacial score (nSPS) is 28.3. The highest BCUT2D eigenvalue weighted by atomic mass is 35.5. The van der Waals surface area contributed by atoms with Gasteiger partial charge in [-0.15, -0.1) is 0 Å². The van der Waals surface area contributed by atoms with Gasteiger partial charge in [-0.3, -0.25) is 0 Å². The molecule has 1 aliphatic rings. The Balaban J connectivity index is 2.06. The SMILES string of the molecule is CCNC1CCC(C)CC1Cc1ccccc1Cl. The van der Waals surface area contributed by atoms with Crippen LogP contribution in [0.1, 0.15) is 38.7 Å². The highest BCUT2D eigenvalue weighted by Crippen LogP contribution is 2.32. The first-order valence-corrected chi connectivity index (χ1v) is 7.55. The Morgan fingerprint density at radius 3 is 2.78 bits per heavy atom. The number of nitrogens with one attached hydrogen (secondary N) is 1. The zero-order valence-electron chi connectivity index (χ0n) is 11.5. The number of hydrogen-bond acceptors (Lipinski definition) is 1. The number of rotatable bonds is 4. The van der Waals surface area contributed by atoms with E-state index in [0.29, 0.717) is 6.04 Å². The minimum atomic E-state index is 0.669. The van der Waals surface area contributed by atoms with Crippen molar-refractivity contribution in [2.45, 2.75) is 45.6 Å². The molecule has 1 aliphatic carbocycles. The highest BCUT2D eigenvalue weighted by Gasteiger charge is 2.28. The van der Waals surface area contributed by atoms with Crippen LogP contribution in [0.3, 0.4) is 0 Å². The number of hydrogen-bond donors (Lipinski definition) is 1. The molecule has 100 valence electrons. The van der Waals surface area contributed by atoms with Crippen molar-refractivity contribution in [3.05, 3.63) is 34.9 Å². The average Bonchev–Trinajstić information content (AvgIpc) is 2.36. The van der Waals surface area contributed by atoms with Crippen LogP contribution in [0.15, 0.2) is 24.3 Å². The van der Waals surface area contributed by atoms with Crippen LogP contribution in [0.5, 0.6) is 0 Å². The summed E-state index contributed by atoms with van der Waals surface area (Å²) in [6.07, 6.45) is 5.10. The third kappa shape index (κ3) is 3.49. The molecule has 0 heterocycles. The summed E-state index contributed by atoms with van der Waals surface area (Å²) in [6.45, 7) is 5.64. The third-order valence-corrected chi connectivity index (χ3v) is 4.52. The van der Waals surface area contributed by atoms with E-state index in [1.54, 1.807) is 0 Å². The van der Waals surface area contributed by atoms with Gasteiger partial charge in [-0.1, -0.05) is 43.6 Å². The first-order chi connectivity index (χ1) is 8.70. The minimum Gasteiger partial charge on any atom is -0.314 e.